The van der Waals surface area contributed by atoms with E-state index in [1.54, 1.807) is 43.8 Å². The fourth-order valence-electron chi connectivity index (χ4n) is 4.11. The maximum absolute atomic E-state index is 15.1. The Labute approximate surface area is 203 Å². The van der Waals surface area contributed by atoms with E-state index in [-0.39, 0.29) is 5.91 Å². The van der Waals surface area contributed by atoms with Gasteiger partial charge in [0.15, 0.2) is 5.82 Å². The summed E-state index contributed by atoms with van der Waals surface area (Å²) in [7, 11) is 0. The fraction of sp³-hybridized carbons (Fsp3) is 0.0769. The van der Waals surface area contributed by atoms with Crippen LogP contribution in [0.1, 0.15) is 13.3 Å². The lowest BCUT2D eigenvalue weighted by Gasteiger charge is -2.08. The highest BCUT2D eigenvalue weighted by molar-refractivity contribution is 5.98. The number of halogens is 1. The summed E-state index contributed by atoms with van der Waals surface area (Å²) in [6.07, 6.45) is 8.56. The number of hydrogen-bond acceptors (Lipinski definition) is 6. The van der Waals surface area contributed by atoms with E-state index in [1.807, 2.05) is 18.2 Å². The van der Waals surface area contributed by atoms with Crippen LogP contribution in [-0.4, -0.2) is 41.0 Å². The summed E-state index contributed by atoms with van der Waals surface area (Å²) in [6, 6.07) is 10.4. The smallest absolute Gasteiger partial charge is 0.224 e. The van der Waals surface area contributed by atoms with Gasteiger partial charge in [-0.25, -0.2) is 9.37 Å². The molecule has 0 aliphatic heterocycles. The Kier molecular flexibility index (Phi) is 5.18. The Morgan fingerprint density at radius 1 is 1.00 bits per heavy atom. The summed E-state index contributed by atoms with van der Waals surface area (Å²) in [5.74, 6) is -0.0628. The maximum Gasteiger partial charge on any atom is 0.224 e. The highest BCUT2D eigenvalue weighted by Crippen LogP contribution is 2.34. The van der Waals surface area contributed by atoms with Crippen molar-refractivity contribution >= 4 is 33.5 Å². The molecule has 0 aliphatic rings. The summed E-state index contributed by atoms with van der Waals surface area (Å²) in [5, 5.41) is 10.8. The lowest BCUT2D eigenvalue weighted by atomic mass is 10.0. The van der Waals surface area contributed by atoms with Gasteiger partial charge in [-0.2, -0.15) is 5.10 Å². The van der Waals surface area contributed by atoms with Gasteiger partial charge in [0.25, 0.3) is 0 Å². The van der Waals surface area contributed by atoms with Crippen molar-refractivity contribution in [1.82, 2.24) is 35.1 Å². The van der Waals surface area contributed by atoms with Crippen molar-refractivity contribution < 1.29 is 9.18 Å². The molecule has 6 aromatic rings. The molecule has 6 rings (SSSR count). The molecule has 3 N–H and O–H groups in total. The minimum atomic E-state index is -0.439. The predicted octanol–water partition coefficient (Wildman–Crippen LogP) is 5.11. The van der Waals surface area contributed by atoms with Gasteiger partial charge < -0.3 is 10.3 Å². The van der Waals surface area contributed by atoms with Crippen molar-refractivity contribution in [1.29, 1.82) is 0 Å². The van der Waals surface area contributed by atoms with Crippen molar-refractivity contribution in [2.24, 2.45) is 0 Å². The second kappa shape index (κ2) is 8.66. The average Bonchev–Trinajstić information content (AvgIpc) is 3.52. The molecule has 0 saturated carbocycles. The van der Waals surface area contributed by atoms with E-state index in [0.29, 0.717) is 56.9 Å². The van der Waals surface area contributed by atoms with Crippen LogP contribution in [0.15, 0.2) is 67.4 Å². The molecule has 1 amide bonds. The Morgan fingerprint density at radius 3 is 2.72 bits per heavy atom. The molecular formula is C26H19FN8O. The van der Waals surface area contributed by atoms with E-state index in [4.69, 9.17) is 4.98 Å². The molecule has 0 spiro atoms. The molecule has 10 heteroatoms. The van der Waals surface area contributed by atoms with Gasteiger partial charge in [-0.3, -0.25) is 24.8 Å². The van der Waals surface area contributed by atoms with Crippen molar-refractivity contribution in [3.05, 3.63) is 73.2 Å². The number of H-pyrrole nitrogens is 2. The van der Waals surface area contributed by atoms with Gasteiger partial charge in [-0.1, -0.05) is 6.92 Å². The summed E-state index contributed by atoms with van der Waals surface area (Å²) in [6.45, 7) is 1.76. The number of pyridine rings is 3. The SMILES string of the molecule is CCC(=O)Nc1cncc(-c2cc3c(-c4nc5c(-c6cccnc6)nccc5[nH]4)n[nH]c3cc2F)c1. The molecule has 0 saturated heterocycles. The minimum absolute atomic E-state index is 0.146. The zero-order valence-electron chi connectivity index (χ0n) is 19.1. The van der Waals surface area contributed by atoms with Crippen LogP contribution in [0.25, 0.3) is 55.8 Å². The number of carbonyl (C=O) groups excluding carboxylic acids is 1. The first-order valence-corrected chi connectivity index (χ1v) is 11.3. The van der Waals surface area contributed by atoms with E-state index < -0.39 is 5.82 Å². The number of nitrogens with one attached hydrogen (secondary N) is 3. The van der Waals surface area contributed by atoms with Crippen LogP contribution >= 0.6 is 0 Å². The van der Waals surface area contributed by atoms with Crippen LogP contribution in [0.5, 0.6) is 0 Å². The lowest BCUT2D eigenvalue weighted by Crippen LogP contribution is -2.09. The Morgan fingerprint density at radius 2 is 1.89 bits per heavy atom. The number of amides is 1. The number of benzene rings is 1. The van der Waals surface area contributed by atoms with Crippen LogP contribution in [0.3, 0.4) is 0 Å². The topological polar surface area (TPSA) is 125 Å². The van der Waals surface area contributed by atoms with Gasteiger partial charge in [0, 0.05) is 59.4 Å². The Balaban J connectivity index is 1.46. The molecular weight excluding hydrogens is 459 g/mol. The normalized spacial score (nSPS) is 11.3. The molecule has 0 atom stereocenters. The average molecular weight is 478 g/mol. The molecule has 5 heterocycles. The molecule has 1 aromatic carbocycles. The first-order valence-electron chi connectivity index (χ1n) is 11.3. The predicted molar refractivity (Wildman–Crippen MR) is 134 cm³/mol. The minimum Gasteiger partial charge on any atom is -0.336 e. The van der Waals surface area contributed by atoms with Crippen LogP contribution in [-0.2, 0) is 4.79 Å². The van der Waals surface area contributed by atoms with Gasteiger partial charge in [-0.15, -0.1) is 0 Å². The molecule has 0 unspecified atom stereocenters. The number of aromatic amines is 2. The van der Waals surface area contributed by atoms with E-state index in [0.717, 1.165) is 11.1 Å². The second-order valence-electron chi connectivity index (χ2n) is 8.20. The second-order valence-corrected chi connectivity index (χ2v) is 8.20. The Bertz CT molecular complexity index is 1740. The van der Waals surface area contributed by atoms with Crippen molar-refractivity contribution in [3.63, 3.8) is 0 Å². The largest absolute Gasteiger partial charge is 0.336 e. The van der Waals surface area contributed by atoms with Crippen molar-refractivity contribution in [2.75, 3.05) is 5.32 Å². The number of aromatic nitrogens is 7. The van der Waals surface area contributed by atoms with Crippen molar-refractivity contribution in [3.8, 4) is 33.9 Å². The number of hydrogen-bond donors (Lipinski definition) is 3. The first kappa shape index (κ1) is 21.5. The molecule has 0 aliphatic carbocycles. The van der Waals surface area contributed by atoms with Crippen LogP contribution in [0.4, 0.5) is 10.1 Å². The van der Waals surface area contributed by atoms with E-state index in [1.165, 1.54) is 12.3 Å². The summed E-state index contributed by atoms with van der Waals surface area (Å²) in [4.78, 5) is 32.7. The van der Waals surface area contributed by atoms with Crippen molar-refractivity contribution in [2.45, 2.75) is 13.3 Å². The van der Waals surface area contributed by atoms with Gasteiger partial charge in [0.1, 0.15) is 17.0 Å². The maximum atomic E-state index is 15.1. The molecule has 9 nitrogen and oxygen atoms in total. The molecule has 36 heavy (non-hydrogen) atoms. The molecule has 0 fully saturated rings. The summed E-state index contributed by atoms with van der Waals surface area (Å²) in [5.41, 5.74) is 5.46. The third kappa shape index (κ3) is 3.74. The van der Waals surface area contributed by atoms with E-state index in [9.17, 15) is 4.79 Å². The van der Waals surface area contributed by atoms with Crippen LogP contribution in [0, 0.1) is 5.82 Å². The number of anilines is 1. The zero-order chi connectivity index (χ0) is 24.6. The fourth-order valence-corrected chi connectivity index (χ4v) is 4.11. The molecule has 5 aromatic heterocycles. The lowest BCUT2D eigenvalue weighted by molar-refractivity contribution is -0.115. The van der Waals surface area contributed by atoms with Gasteiger partial charge >= 0.3 is 0 Å². The third-order valence-electron chi connectivity index (χ3n) is 5.86. The number of fused-ring (bicyclic) bond motifs is 2. The highest BCUT2D eigenvalue weighted by Gasteiger charge is 2.18. The quantitative estimate of drug-likeness (QED) is 0.316. The van der Waals surface area contributed by atoms with E-state index in [2.05, 4.69) is 35.5 Å². The van der Waals surface area contributed by atoms with Gasteiger partial charge in [-0.05, 0) is 30.3 Å². The summed E-state index contributed by atoms with van der Waals surface area (Å²) >= 11 is 0. The van der Waals surface area contributed by atoms with Crippen LogP contribution < -0.4 is 5.32 Å². The number of imidazole rings is 1. The Hall–Kier alpha value is -4.99. The standard InChI is InChI=1S/C26H19FN8O/c1-2-22(36)31-16-8-15(12-29-13-16)17-9-18-21(10-19(17)27)34-35-24(18)26-32-20-5-7-30-23(25(20)33-26)14-4-3-6-28-11-14/h3-13H,2H2,1H3,(H,31,36)(H,32,33)(H,34,35). The molecule has 176 valence electrons. The third-order valence-corrected chi connectivity index (χ3v) is 5.86. The number of rotatable bonds is 5. The number of carbonyl (C=O) groups is 1. The highest BCUT2D eigenvalue weighted by atomic mass is 19.1. The van der Waals surface area contributed by atoms with E-state index >= 15 is 4.39 Å². The molecule has 0 bridgehead atoms. The van der Waals surface area contributed by atoms with Crippen LogP contribution in [0.2, 0.25) is 0 Å². The zero-order valence-corrected chi connectivity index (χ0v) is 19.1. The molecule has 0 radical (unpaired) electrons. The summed E-state index contributed by atoms with van der Waals surface area (Å²) < 4.78 is 15.1. The number of nitrogens with zero attached hydrogens (tertiary/aromatic N) is 5. The van der Waals surface area contributed by atoms with Gasteiger partial charge in [0.05, 0.1) is 28.6 Å². The van der Waals surface area contributed by atoms with Gasteiger partial charge in [0.2, 0.25) is 5.91 Å². The first-order chi connectivity index (χ1) is 17.6. The monoisotopic (exact) mass is 478 g/mol.